The Bertz CT molecular complexity index is 49.7. The minimum absolute atomic E-state index is 0.296. The number of methoxy groups -OCH3 is 1. The van der Waals surface area contributed by atoms with E-state index in [1.165, 1.54) is 0 Å². The fourth-order valence-corrected chi connectivity index (χ4v) is 0.368. The molecule has 0 aromatic heterocycles. The monoisotopic (exact) mass is 138 g/mol. The SMILES string of the molecule is CCOC[C@@H](Cl)OC. The molecule has 0 radical (unpaired) electrons. The van der Waals surface area contributed by atoms with Crippen molar-refractivity contribution in [2.45, 2.75) is 12.5 Å². The average molecular weight is 139 g/mol. The van der Waals surface area contributed by atoms with Crippen LogP contribution in [0.5, 0.6) is 0 Å². The Hall–Kier alpha value is 0.210. The lowest BCUT2D eigenvalue weighted by Crippen LogP contribution is -2.10. The summed E-state index contributed by atoms with van der Waals surface area (Å²) in [5.74, 6) is 0. The van der Waals surface area contributed by atoms with Gasteiger partial charge < -0.3 is 9.47 Å². The molecule has 0 rings (SSSR count). The van der Waals surface area contributed by atoms with Gasteiger partial charge in [-0.1, -0.05) is 11.6 Å². The number of halogens is 1. The summed E-state index contributed by atoms with van der Waals surface area (Å²) in [4.78, 5) is 0. The van der Waals surface area contributed by atoms with E-state index in [2.05, 4.69) is 0 Å². The third-order valence-electron chi connectivity index (χ3n) is 0.709. The van der Waals surface area contributed by atoms with Crippen LogP contribution < -0.4 is 0 Å². The first-order valence-electron chi connectivity index (χ1n) is 2.55. The molecule has 0 aromatic carbocycles. The van der Waals surface area contributed by atoms with Gasteiger partial charge in [0.05, 0.1) is 6.61 Å². The van der Waals surface area contributed by atoms with Gasteiger partial charge in [-0.3, -0.25) is 0 Å². The lowest BCUT2D eigenvalue weighted by Gasteiger charge is -2.04. The zero-order valence-corrected chi connectivity index (χ0v) is 5.94. The van der Waals surface area contributed by atoms with Crippen molar-refractivity contribution in [3.05, 3.63) is 0 Å². The van der Waals surface area contributed by atoms with Crippen molar-refractivity contribution in [3.8, 4) is 0 Å². The van der Waals surface area contributed by atoms with Crippen LogP contribution in [0.25, 0.3) is 0 Å². The van der Waals surface area contributed by atoms with Gasteiger partial charge in [0, 0.05) is 13.7 Å². The molecule has 0 heterocycles. The highest BCUT2D eigenvalue weighted by Crippen LogP contribution is 1.95. The number of rotatable bonds is 4. The summed E-state index contributed by atoms with van der Waals surface area (Å²) in [5, 5.41) is 0. The van der Waals surface area contributed by atoms with Crippen LogP contribution in [-0.2, 0) is 9.47 Å². The molecule has 50 valence electrons. The molecule has 0 aromatic rings. The van der Waals surface area contributed by atoms with Gasteiger partial charge in [0.2, 0.25) is 0 Å². The zero-order valence-electron chi connectivity index (χ0n) is 5.19. The number of ether oxygens (including phenoxy) is 2. The normalized spacial score (nSPS) is 13.9. The largest absolute Gasteiger partial charge is 0.378 e. The van der Waals surface area contributed by atoms with E-state index in [-0.39, 0.29) is 5.56 Å². The van der Waals surface area contributed by atoms with E-state index in [1.807, 2.05) is 6.92 Å². The van der Waals surface area contributed by atoms with Crippen LogP contribution in [-0.4, -0.2) is 25.9 Å². The van der Waals surface area contributed by atoms with E-state index in [4.69, 9.17) is 21.1 Å². The Morgan fingerprint density at radius 3 is 2.62 bits per heavy atom. The summed E-state index contributed by atoms with van der Waals surface area (Å²) in [5.41, 5.74) is -0.296. The molecule has 8 heavy (non-hydrogen) atoms. The minimum atomic E-state index is -0.296. The number of hydrogen-bond acceptors (Lipinski definition) is 2. The second-order valence-electron chi connectivity index (χ2n) is 1.31. The summed E-state index contributed by atoms with van der Waals surface area (Å²) in [7, 11) is 1.55. The molecule has 0 aliphatic rings. The molecule has 0 aliphatic carbocycles. The van der Waals surface area contributed by atoms with Gasteiger partial charge in [-0.2, -0.15) is 0 Å². The van der Waals surface area contributed by atoms with Gasteiger partial charge in [-0.05, 0) is 6.92 Å². The summed E-state index contributed by atoms with van der Waals surface area (Å²) in [6.45, 7) is 3.07. The number of alkyl halides is 1. The minimum Gasteiger partial charge on any atom is -0.378 e. The van der Waals surface area contributed by atoms with Crippen molar-refractivity contribution in [1.29, 1.82) is 0 Å². The molecule has 0 aliphatic heterocycles. The summed E-state index contributed by atoms with van der Waals surface area (Å²) < 4.78 is 9.62. The number of hydrogen-bond donors (Lipinski definition) is 0. The van der Waals surface area contributed by atoms with Crippen molar-refractivity contribution < 1.29 is 9.47 Å². The molecule has 2 nitrogen and oxygen atoms in total. The zero-order chi connectivity index (χ0) is 6.41. The van der Waals surface area contributed by atoms with Gasteiger partial charge >= 0.3 is 0 Å². The summed E-state index contributed by atoms with van der Waals surface area (Å²) >= 11 is 5.50. The molecule has 0 amide bonds. The second kappa shape index (κ2) is 5.35. The second-order valence-corrected chi connectivity index (χ2v) is 1.79. The average Bonchev–Trinajstić information content (AvgIpc) is 1.83. The quantitative estimate of drug-likeness (QED) is 0.545. The summed E-state index contributed by atoms with van der Waals surface area (Å²) in [6, 6.07) is 0. The molecule has 1 atom stereocenters. The van der Waals surface area contributed by atoms with Crippen molar-refractivity contribution >= 4 is 11.6 Å². The van der Waals surface area contributed by atoms with Crippen LogP contribution in [0.15, 0.2) is 0 Å². The molecule has 0 fully saturated rings. The Morgan fingerprint density at radius 2 is 2.25 bits per heavy atom. The molecule has 0 saturated heterocycles. The van der Waals surface area contributed by atoms with Crippen LogP contribution in [0.1, 0.15) is 6.92 Å². The van der Waals surface area contributed by atoms with Crippen molar-refractivity contribution in [1.82, 2.24) is 0 Å². The Balaban J connectivity index is 2.86. The first kappa shape index (κ1) is 8.21. The molecule has 0 unspecified atom stereocenters. The van der Waals surface area contributed by atoms with Gasteiger partial charge in [0.15, 0.2) is 5.56 Å². The van der Waals surface area contributed by atoms with Gasteiger partial charge in [0.1, 0.15) is 0 Å². The Labute approximate surface area is 54.7 Å². The molecule has 0 saturated carbocycles. The molecule has 3 heteroatoms. The fraction of sp³-hybridized carbons (Fsp3) is 1.00. The van der Waals surface area contributed by atoms with Crippen molar-refractivity contribution in [3.63, 3.8) is 0 Å². The van der Waals surface area contributed by atoms with Crippen LogP contribution in [0, 0.1) is 0 Å². The van der Waals surface area contributed by atoms with E-state index in [0.29, 0.717) is 13.2 Å². The van der Waals surface area contributed by atoms with Crippen LogP contribution in [0.4, 0.5) is 0 Å². The molecule has 0 bridgehead atoms. The van der Waals surface area contributed by atoms with Crippen molar-refractivity contribution in [2.24, 2.45) is 0 Å². The summed E-state index contributed by atoms with van der Waals surface area (Å²) in [6.07, 6.45) is 0. The highest BCUT2D eigenvalue weighted by molar-refractivity contribution is 6.19. The smallest absolute Gasteiger partial charge is 0.153 e. The predicted octanol–water partition coefficient (Wildman–Crippen LogP) is 1.23. The van der Waals surface area contributed by atoms with Gasteiger partial charge in [0.25, 0.3) is 0 Å². The molecular weight excluding hydrogens is 128 g/mol. The first-order chi connectivity index (χ1) is 3.81. The highest BCUT2D eigenvalue weighted by atomic mass is 35.5. The van der Waals surface area contributed by atoms with E-state index >= 15 is 0 Å². The lowest BCUT2D eigenvalue weighted by molar-refractivity contribution is 0.0555. The third kappa shape index (κ3) is 4.37. The van der Waals surface area contributed by atoms with E-state index in [1.54, 1.807) is 7.11 Å². The van der Waals surface area contributed by atoms with E-state index < -0.39 is 0 Å². The van der Waals surface area contributed by atoms with Gasteiger partial charge in [-0.25, -0.2) is 0 Å². The maximum atomic E-state index is 5.50. The van der Waals surface area contributed by atoms with Crippen molar-refractivity contribution in [2.75, 3.05) is 20.3 Å². The lowest BCUT2D eigenvalue weighted by atomic mass is 10.7. The standard InChI is InChI=1S/C5H11ClO2/c1-3-8-4-5(6)7-2/h5H,3-4H2,1-2H3/t5-/m0/s1. The van der Waals surface area contributed by atoms with Crippen LogP contribution in [0.2, 0.25) is 0 Å². The molecule has 0 N–H and O–H groups in total. The topological polar surface area (TPSA) is 18.5 Å². The fourth-order valence-electron chi connectivity index (χ4n) is 0.279. The maximum Gasteiger partial charge on any atom is 0.153 e. The van der Waals surface area contributed by atoms with E-state index in [0.717, 1.165) is 0 Å². The van der Waals surface area contributed by atoms with E-state index in [9.17, 15) is 0 Å². The Kier molecular flexibility index (Phi) is 5.49. The van der Waals surface area contributed by atoms with Crippen LogP contribution in [0.3, 0.4) is 0 Å². The Morgan fingerprint density at radius 1 is 1.62 bits per heavy atom. The molecule has 0 spiro atoms. The van der Waals surface area contributed by atoms with Crippen LogP contribution >= 0.6 is 11.6 Å². The van der Waals surface area contributed by atoms with Gasteiger partial charge in [-0.15, -0.1) is 0 Å². The maximum absolute atomic E-state index is 5.50. The highest BCUT2D eigenvalue weighted by Gasteiger charge is 1.97. The third-order valence-corrected chi connectivity index (χ3v) is 1.01. The first-order valence-corrected chi connectivity index (χ1v) is 2.99. The molecular formula is C5H11ClO2. The predicted molar refractivity (Wildman–Crippen MR) is 33.1 cm³/mol.